The maximum Gasteiger partial charge on any atom is 0.159 e. The number of aliphatic hydroxyl groups excluding tert-OH is 1. The van der Waals surface area contributed by atoms with Crippen molar-refractivity contribution < 1.29 is 14.6 Å². The number of Topliss-reactive ketones (excluding diaryl/α,β-unsaturated/α-hetero) is 1. The third-order valence-corrected chi connectivity index (χ3v) is 3.38. The Balaban J connectivity index is 2.01. The fourth-order valence-corrected chi connectivity index (χ4v) is 2.21. The van der Waals surface area contributed by atoms with Crippen LogP contribution in [0.3, 0.4) is 0 Å². The Morgan fingerprint density at radius 3 is 2.70 bits per heavy atom. The summed E-state index contributed by atoms with van der Waals surface area (Å²) in [5.74, 6) is 0.565. The molecule has 0 bridgehead atoms. The molecule has 2 rings (SSSR count). The molecule has 0 spiro atoms. The van der Waals surface area contributed by atoms with Gasteiger partial charge in [-0.3, -0.25) is 4.79 Å². The molecule has 20 heavy (non-hydrogen) atoms. The molecule has 0 heterocycles. The Kier molecular flexibility index (Phi) is 4.93. The normalized spacial score (nSPS) is 11.9. The lowest BCUT2D eigenvalue weighted by Crippen LogP contribution is -2.09. The van der Waals surface area contributed by atoms with Crippen molar-refractivity contribution in [2.45, 2.75) is 13.0 Å². The van der Waals surface area contributed by atoms with Crippen LogP contribution in [0.4, 0.5) is 0 Å². The number of ketones is 1. The smallest absolute Gasteiger partial charge is 0.159 e. The van der Waals surface area contributed by atoms with Gasteiger partial charge in [-0.15, -0.1) is 0 Å². The molecular formula is C16H15BrO3. The molecule has 2 aromatic carbocycles. The van der Waals surface area contributed by atoms with E-state index < -0.39 is 6.10 Å². The first-order valence-corrected chi connectivity index (χ1v) is 7.03. The van der Waals surface area contributed by atoms with Crippen molar-refractivity contribution in [3.63, 3.8) is 0 Å². The van der Waals surface area contributed by atoms with Crippen LogP contribution in [0.5, 0.6) is 5.75 Å². The highest BCUT2D eigenvalue weighted by Crippen LogP contribution is 2.20. The number of carbonyl (C=O) groups excluding carboxylic acids is 1. The van der Waals surface area contributed by atoms with Crippen LogP contribution >= 0.6 is 15.9 Å². The fourth-order valence-electron chi connectivity index (χ4n) is 1.79. The molecule has 0 aliphatic carbocycles. The van der Waals surface area contributed by atoms with Crippen molar-refractivity contribution in [2.24, 2.45) is 0 Å². The van der Waals surface area contributed by atoms with Crippen molar-refractivity contribution in [3.05, 3.63) is 64.1 Å². The van der Waals surface area contributed by atoms with Gasteiger partial charge in [0.05, 0.1) is 0 Å². The second-order valence-corrected chi connectivity index (χ2v) is 5.38. The first kappa shape index (κ1) is 14.8. The molecule has 1 atom stereocenters. The third-order valence-electron chi connectivity index (χ3n) is 2.88. The summed E-state index contributed by atoms with van der Waals surface area (Å²) in [5, 5.41) is 10.1. The van der Waals surface area contributed by atoms with Crippen LogP contribution in [0.15, 0.2) is 53.0 Å². The van der Waals surface area contributed by atoms with Gasteiger partial charge in [-0.25, -0.2) is 0 Å². The maximum absolute atomic E-state index is 11.3. The summed E-state index contributed by atoms with van der Waals surface area (Å²) >= 11 is 3.36. The van der Waals surface area contributed by atoms with E-state index in [1.54, 1.807) is 24.3 Å². The highest BCUT2D eigenvalue weighted by Gasteiger charge is 2.09. The molecule has 0 fully saturated rings. The second-order valence-electron chi connectivity index (χ2n) is 4.47. The molecule has 0 aromatic heterocycles. The summed E-state index contributed by atoms with van der Waals surface area (Å²) in [6.07, 6.45) is -0.714. The van der Waals surface area contributed by atoms with Gasteiger partial charge in [0.25, 0.3) is 0 Å². The largest absolute Gasteiger partial charge is 0.491 e. The van der Waals surface area contributed by atoms with Gasteiger partial charge in [0.2, 0.25) is 0 Å². The molecule has 104 valence electrons. The van der Waals surface area contributed by atoms with E-state index in [2.05, 4.69) is 15.9 Å². The average molecular weight is 335 g/mol. The minimum absolute atomic E-state index is 0.0111. The molecule has 0 saturated carbocycles. The third kappa shape index (κ3) is 3.92. The Bertz CT molecular complexity index is 610. The van der Waals surface area contributed by atoms with Crippen LogP contribution in [0, 0.1) is 0 Å². The van der Waals surface area contributed by atoms with Crippen molar-refractivity contribution in [1.29, 1.82) is 0 Å². The van der Waals surface area contributed by atoms with Crippen LogP contribution in [0.25, 0.3) is 0 Å². The molecular weight excluding hydrogens is 320 g/mol. The molecule has 0 aliphatic rings. The van der Waals surface area contributed by atoms with E-state index in [9.17, 15) is 9.90 Å². The quantitative estimate of drug-likeness (QED) is 0.846. The van der Waals surface area contributed by atoms with E-state index >= 15 is 0 Å². The van der Waals surface area contributed by atoms with Crippen LogP contribution in [-0.4, -0.2) is 17.5 Å². The molecule has 4 heteroatoms. The van der Waals surface area contributed by atoms with Gasteiger partial charge < -0.3 is 9.84 Å². The maximum atomic E-state index is 11.3. The van der Waals surface area contributed by atoms with Crippen LogP contribution in [0.1, 0.15) is 28.9 Å². The average Bonchev–Trinajstić information content (AvgIpc) is 2.45. The number of benzene rings is 2. The lowest BCUT2D eigenvalue weighted by molar-refractivity contribution is 0.101. The summed E-state index contributed by atoms with van der Waals surface area (Å²) in [6, 6.07) is 14.4. The number of ether oxygens (including phenoxy) is 1. The van der Waals surface area contributed by atoms with E-state index in [-0.39, 0.29) is 12.4 Å². The van der Waals surface area contributed by atoms with Crippen molar-refractivity contribution in [1.82, 2.24) is 0 Å². The number of rotatable bonds is 5. The molecule has 1 unspecified atom stereocenters. The molecule has 0 radical (unpaired) electrons. The van der Waals surface area contributed by atoms with Crippen molar-refractivity contribution >= 4 is 21.7 Å². The van der Waals surface area contributed by atoms with Gasteiger partial charge in [-0.05, 0) is 36.8 Å². The highest BCUT2D eigenvalue weighted by molar-refractivity contribution is 9.10. The standard InChI is InChI=1S/C16H15BrO3/c1-11(18)12-4-3-7-15(9-12)20-10-16(19)13-5-2-6-14(17)8-13/h2-9,16,19H,10H2,1H3. The SMILES string of the molecule is CC(=O)c1cccc(OCC(O)c2cccc(Br)c2)c1. The van der Waals surface area contributed by atoms with E-state index in [0.29, 0.717) is 11.3 Å². The van der Waals surface area contributed by atoms with Crippen LogP contribution < -0.4 is 4.74 Å². The van der Waals surface area contributed by atoms with Crippen LogP contribution in [0.2, 0.25) is 0 Å². The van der Waals surface area contributed by atoms with Gasteiger partial charge in [0.15, 0.2) is 5.78 Å². The van der Waals surface area contributed by atoms with Crippen LogP contribution in [-0.2, 0) is 0 Å². The minimum atomic E-state index is -0.714. The zero-order valence-electron chi connectivity index (χ0n) is 11.0. The molecule has 2 aromatic rings. The fraction of sp³-hybridized carbons (Fsp3) is 0.188. The Morgan fingerprint density at radius 1 is 1.25 bits per heavy atom. The summed E-state index contributed by atoms with van der Waals surface area (Å²) in [4.78, 5) is 11.3. The number of hydrogen-bond donors (Lipinski definition) is 1. The Morgan fingerprint density at radius 2 is 2.00 bits per heavy atom. The zero-order chi connectivity index (χ0) is 14.5. The topological polar surface area (TPSA) is 46.5 Å². The van der Waals surface area contributed by atoms with E-state index in [0.717, 1.165) is 10.0 Å². The molecule has 1 N–H and O–H groups in total. The van der Waals surface area contributed by atoms with Gasteiger partial charge in [-0.1, -0.05) is 40.2 Å². The van der Waals surface area contributed by atoms with Crippen molar-refractivity contribution in [2.75, 3.05) is 6.61 Å². The summed E-state index contributed by atoms with van der Waals surface area (Å²) < 4.78 is 6.45. The van der Waals surface area contributed by atoms with E-state index in [1.807, 2.05) is 24.3 Å². The second kappa shape index (κ2) is 6.68. The molecule has 0 saturated heterocycles. The number of carbonyl (C=O) groups is 1. The predicted molar refractivity (Wildman–Crippen MR) is 81.0 cm³/mol. The number of hydrogen-bond acceptors (Lipinski definition) is 3. The van der Waals surface area contributed by atoms with E-state index in [1.165, 1.54) is 6.92 Å². The lowest BCUT2D eigenvalue weighted by Gasteiger charge is -2.13. The summed E-state index contributed by atoms with van der Waals surface area (Å²) in [6.45, 7) is 1.65. The molecule has 3 nitrogen and oxygen atoms in total. The van der Waals surface area contributed by atoms with Crippen molar-refractivity contribution in [3.8, 4) is 5.75 Å². The first-order valence-electron chi connectivity index (χ1n) is 6.23. The minimum Gasteiger partial charge on any atom is -0.491 e. The van der Waals surface area contributed by atoms with E-state index in [4.69, 9.17) is 4.74 Å². The summed E-state index contributed by atoms with van der Waals surface area (Å²) in [7, 11) is 0. The van der Waals surface area contributed by atoms with Gasteiger partial charge in [0.1, 0.15) is 18.5 Å². The number of halogens is 1. The lowest BCUT2D eigenvalue weighted by atomic mass is 10.1. The first-order chi connectivity index (χ1) is 9.56. The summed E-state index contributed by atoms with van der Waals surface area (Å²) in [5.41, 5.74) is 1.38. The highest BCUT2D eigenvalue weighted by atomic mass is 79.9. The zero-order valence-corrected chi connectivity index (χ0v) is 12.6. The molecule has 0 amide bonds. The predicted octanol–water partition coefficient (Wildman–Crippen LogP) is 3.76. The number of aliphatic hydroxyl groups is 1. The Hall–Kier alpha value is -1.65. The molecule has 0 aliphatic heterocycles. The monoisotopic (exact) mass is 334 g/mol. The van der Waals surface area contributed by atoms with Gasteiger partial charge in [-0.2, -0.15) is 0 Å². The Labute approximate surface area is 126 Å². The van der Waals surface area contributed by atoms with Gasteiger partial charge >= 0.3 is 0 Å². The van der Waals surface area contributed by atoms with Gasteiger partial charge in [0, 0.05) is 10.0 Å².